The van der Waals surface area contributed by atoms with E-state index >= 15 is 0 Å². The van der Waals surface area contributed by atoms with E-state index in [9.17, 15) is 4.79 Å². The van der Waals surface area contributed by atoms with Gasteiger partial charge in [-0.05, 0) is 36.6 Å². The number of carbonyl (C=O) groups is 1. The summed E-state index contributed by atoms with van der Waals surface area (Å²) >= 11 is 1.48. The Morgan fingerprint density at radius 2 is 2.00 bits per heavy atom. The Labute approximate surface area is 124 Å². The van der Waals surface area contributed by atoms with Gasteiger partial charge in [-0.25, -0.2) is 4.98 Å². The Bertz CT molecular complexity index is 948. The lowest BCUT2D eigenvalue weighted by atomic mass is 10.2. The van der Waals surface area contributed by atoms with Crippen molar-refractivity contribution in [2.24, 2.45) is 0 Å². The van der Waals surface area contributed by atoms with Gasteiger partial charge < -0.3 is 4.42 Å². The summed E-state index contributed by atoms with van der Waals surface area (Å²) in [5.41, 5.74) is 2.27. The molecule has 0 saturated carbocycles. The molecule has 0 fully saturated rings. The second kappa shape index (κ2) is 4.53. The third kappa shape index (κ3) is 2.04. The van der Waals surface area contributed by atoms with Crippen molar-refractivity contribution in [3.8, 4) is 0 Å². The van der Waals surface area contributed by atoms with Crippen LogP contribution in [0.3, 0.4) is 0 Å². The number of furan rings is 1. The minimum atomic E-state index is -0.0909. The van der Waals surface area contributed by atoms with E-state index in [1.807, 2.05) is 49.4 Å². The van der Waals surface area contributed by atoms with Gasteiger partial charge in [0.05, 0.1) is 4.88 Å². The van der Waals surface area contributed by atoms with Crippen LogP contribution < -0.4 is 0 Å². The average molecular weight is 293 g/mol. The highest BCUT2D eigenvalue weighted by molar-refractivity contribution is 7.21. The van der Waals surface area contributed by atoms with Gasteiger partial charge in [-0.1, -0.05) is 18.2 Å². The Balaban J connectivity index is 1.81. The SMILES string of the molecule is Cc1ccc2oc(C(=O)c3cc4ccccc4s3)cc2n1. The van der Waals surface area contributed by atoms with Gasteiger partial charge in [-0.2, -0.15) is 0 Å². The Kier molecular flexibility index (Phi) is 2.65. The molecule has 21 heavy (non-hydrogen) atoms. The fourth-order valence-electron chi connectivity index (χ4n) is 2.35. The highest BCUT2D eigenvalue weighted by Crippen LogP contribution is 2.28. The summed E-state index contributed by atoms with van der Waals surface area (Å²) in [6, 6.07) is 15.3. The zero-order chi connectivity index (χ0) is 14.4. The van der Waals surface area contributed by atoms with Gasteiger partial charge in [-0.15, -0.1) is 11.3 Å². The number of thiophene rings is 1. The number of hydrogen-bond donors (Lipinski definition) is 0. The fourth-order valence-corrected chi connectivity index (χ4v) is 3.36. The summed E-state index contributed by atoms with van der Waals surface area (Å²) in [5.74, 6) is 0.251. The van der Waals surface area contributed by atoms with Crippen molar-refractivity contribution < 1.29 is 9.21 Å². The second-order valence-electron chi connectivity index (χ2n) is 4.92. The largest absolute Gasteiger partial charge is 0.451 e. The molecule has 4 aromatic rings. The van der Waals surface area contributed by atoms with Gasteiger partial charge in [0.15, 0.2) is 11.3 Å². The Morgan fingerprint density at radius 3 is 2.86 bits per heavy atom. The van der Waals surface area contributed by atoms with Crippen LogP contribution in [-0.4, -0.2) is 10.8 Å². The summed E-state index contributed by atoms with van der Waals surface area (Å²) in [4.78, 5) is 17.6. The maximum atomic E-state index is 12.6. The minimum absolute atomic E-state index is 0.0909. The van der Waals surface area contributed by atoms with Gasteiger partial charge in [0.25, 0.3) is 0 Å². The van der Waals surface area contributed by atoms with Crippen LogP contribution in [0.4, 0.5) is 0 Å². The number of benzene rings is 1. The molecule has 0 unspecified atom stereocenters. The lowest BCUT2D eigenvalue weighted by Gasteiger charge is -1.90. The maximum Gasteiger partial charge on any atom is 0.238 e. The first-order valence-electron chi connectivity index (χ1n) is 6.61. The highest BCUT2D eigenvalue weighted by Gasteiger charge is 2.17. The third-order valence-electron chi connectivity index (χ3n) is 3.39. The smallest absolute Gasteiger partial charge is 0.238 e. The number of hydrogen-bond acceptors (Lipinski definition) is 4. The summed E-state index contributed by atoms with van der Waals surface area (Å²) in [7, 11) is 0. The first-order valence-corrected chi connectivity index (χ1v) is 7.43. The van der Waals surface area contributed by atoms with Gasteiger partial charge in [0, 0.05) is 16.5 Å². The molecule has 0 bridgehead atoms. The number of aromatic nitrogens is 1. The molecule has 0 atom stereocenters. The zero-order valence-electron chi connectivity index (χ0n) is 11.3. The predicted octanol–water partition coefficient (Wildman–Crippen LogP) is 4.58. The first-order chi connectivity index (χ1) is 10.2. The van der Waals surface area contributed by atoms with E-state index in [0.29, 0.717) is 16.2 Å². The normalized spacial score (nSPS) is 11.3. The van der Waals surface area contributed by atoms with Crippen LogP contribution in [0.25, 0.3) is 21.2 Å². The minimum Gasteiger partial charge on any atom is -0.451 e. The third-order valence-corrected chi connectivity index (χ3v) is 4.50. The van der Waals surface area contributed by atoms with Crippen molar-refractivity contribution in [3.63, 3.8) is 0 Å². The summed E-state index contributed by atoms with van der Waals surface area (Å²) in [6.07, 6.45) is 0. The van der Waals surface area contributed by atoms with E-state index < -0.39 is 0 Å². The molecule has 0 spiro atoms. The van der Waals surface area contributed by atoms with E-state index in [0.717, 1.165) is 21.3 Å². The van der Waals surface area contributed by atoms with Gasteiger partial charge in [-0.3, -0.25) is 4.79 Å². The molecule has 4 heteroatoms. The number of rotatable bonds is 2. The number of ketones is 1. The van der Waals surface area contributed by atoms with Crippen LogP contribution in [0.5, 0.6) is 0 Å². The average Bonchev–Trinajstić information content (AvgIpc) is 3.09. The van der Waals surface area contributed by atoms with Gasteiger partial charge >= 0.3 is 0 Å². The molecule has 0 radical (unpaired) electrons. The molecule has 3 aromatic heterocycles. The molecule has 0 aliphatic heterocycles. The van der Waals surface area contributed by atoms with E-state index in [4.69, 9.17) is 4.42 Å². The lowest BCUT2D eigenvalue weighted by molar-refractivity contribution is 0.101. The number of fused-ring (bicyclic) bond motifs is 2. The van der Waals surface area contributed by atoms with Crippen LogP contribution in [0, 0.1) is 6.92 Å². The topological polar surface area (TPSA) is 43.1 Å². The number of carbonyl (C=O) groups excluding carboxylic acids is 1. The molecule has 0 saturated heterocycles. The molecular formula is C17H11NO2S. The Morgan fingerprint density at radius 1 is 1.14 bits per heavy atom. The van der Waals surface area contributed by atoms with E-state index in [1.165, 1.54) is 11.3 Å². The Hall–Kier alpha value is -2.46. The number of nitrogens with zero attached hydrogens (tertiary/aromatic N) is 1. The van der Waals surface area contributed by atoms with Crippen LogP contribution in [0.15, 0.2) is 52.9 Å². The fraction of sp³-hybridized carbons (Fsp3) is 0.0588. The van der Waals surface area contributed by atoms with Gasteiger partial charge in [0.2, 0.25) is 5.78 Å². The zero-order valence-corrected chi connectivity index (χ0v) is 12.1. The molecule has 0 amide bonds. The lowest BCUT2D eigenvalue weighted by Crippen LogP contribution is -1.95. The summed E-state index contributed by atoms with van der Waals surface area (Å²) < 4.78 is 6.73. The van der Waals surface area contributed by atoms with Crippen LogP contribution in [-0.2, 0) is 0 Å². The molecular weight excluding hydrogens is 282 g/mol. The molecule has 3 heterocycles. The molecule has 0 aliphatic rings. The first kappa shape index (κ1) is 12.3. The predicted molar refractivity (Wildman–Crippen MR) is 84.0 cm³/mol. The second-order valence-corrected chi connectivity index (χ2v) is 6.01. The molecule has 3 nitrogen and oxygen atoms in total. The molecule has 4 rings (SSSR count). The van der Waals surface area contributed by atoms with Crippen LogP contribution in [0.1, 0.15) is 21.1 Å². The molecule has 1 aromatic carbocycles. The van der Waals surface area contributed by atoms with E-state index in [1.54, 1.807) is 6.07 Å². The van der Waals surface area contributed by atoms with Crippen molar-refractivity contribution in [2.45, 2.75) is 6.92 Å². The standard InChI is InChI=1S/C17H11NO2S/c1-10-6-7-13-12(18-10)9-14(20-13)17(19)16-8-11-4-2-3-5-15(11)21-16/h2-9H,1H3. The van der Waals surface area contributed by atoms with Crippen molar-refractivity contribution in [3.05, 3.63) is 64.9 Å². The van der Waals surface area contributed by atoms with E-state index in [2.05, 4.69) is 4.98 Å². The summed E-state index contributed by atoms with van der Waals surface area (Å²) in [6.45, 7) is 1.92. The number of aryl methyl sites for hydroxylation is 1. The molecule has 0 aliphatic carbocycles. The van der Waals surface area contributed by atoms with Crippen LogP contribution >= 0.6 is 11.3 Å². The molecule has 102 valence electrons. The maximum absolute atomic E-state index is 12.6. The van der Waals surface area contributed by atoms with E-state index in [-0.39, 0.29) is 5.78 Å². The molecule has 0 N–H and O–H groups in total. The van der Waals surface area contributed by atoms with Crippen molar-refractivity contribution in [1.82, 2.24) is 4.98 Å². The summed E-state index contributed by atoms with van der Waals surface area (Å²) in [5, 5.41) is 1.08. The van der Waals surface area contributed by atoms with Gasteiger partial charge in [0.1, 0.15) is 5.52 Å². The van der Waals surface area contributed by atoms with Crippen molar-refractivity contribution in [2.75, 3.05) is 0 Å². The van der Waals surface area contributed by atoms with Crippen LogP contribution in [0.2, 0.25) is 0 Å². The van der Waals surface area contributed by atoms with Crippen molar-refractivity contribution in [1.29, 1.82) is 0 Å². The number of pyridine rings is 1. The highest BCUT2D eigenvalue weighted by atomic mass is 32.1. The van der Waals surface area contributed by atoms with Crippen molar-refractivity contribution >= 4 is 38.3 Å². The quantitative estimate of drug-likeness (QED) is 0.508. The monoisotopic (exact) mass is 293 g/mol.